The number of amides is 2. The van der Waals surface area contributed by atoms with E-state index in [-0.39, 0.29) is 19.7 Å². The molecule has 2 aliphatic rings. The van der Waals surface area contributed by atoms with E-state index in [1.807, 2.05) is 6.92 Å². The van der Waals surface area contributed by atoms with Crippen molar-refractivity contribution < 1.29 is 18.3 Å². The van der Waals surface area contributed by atoms with Crippen LogP contribution in [0.15, 0.2) is 6.07 Å². The van der Waals surface area contributed by atoms with Gasteiger partial charge in [-0.15, -0.1) is 0 Å². The summed E-state index contributed by atoms with van der Waals surface area (Å²) in [6, 6.07) is 1.25. The predicted molar refractivity (Wildman–Crippen MR) is 87.8 cm³/mol. The average molecular weight is 355 g/mol. The summed E-state index contributed by atoms with van der Waals surface area (Å²) in [6.07, 6.45) is 2.24. The second-order valence-corrected chi connectivity index (χ2v) is 6.48. The van der Waals surface area contributed by atoms with E-state index in [4.69, 9.17) is 4.74 Å². The smallest absolute Gasteiger partial charge is 0.318 e. The van der Waals surface area contributed by atoms with E-state index in [2.05, 4.69) is 20.2 Å². The van der Waals surface area contributed by atoms with Crippen LogP contribution >= 0.6 is 0 Å². The van der Waals surface area contributed by atoms with Crippen LogP contribution in [0.4, 0.5) is 19.5 Å². The molecule has 0 unspecified atom stereocenters. The Bertz CT molecular complexity index is 623. The largest absolute Gasteiger partial charge is 0.373 e. The lowest BCUT2D eigenvalue weighted by Gasteiger charge is -2.23. The Morgan fingerprint density at radius 3 is 2.84 bits per heavy atom. The van der Waals surface area contributed by atoms with E-state index in [0.717, 1.165) is 36.5 Å². The third-order valence-corrected chi connectivity index (χ3v) is 4.23. The minimum absolute atomic E-state index is 0.106. The lowest BCUT2D eigenvalue weighted by molar-refractivity contribution is -0.0652. The summed E-state index contributed by atoms with van der Waals surface area (Å²) in [4.78, 5) is 24.3. The highest BCUT2D eigenvalue weighted by molar-refractivity contribution is 5.74. The second kappa shape index (κ2) is 7.47. The van der Waals surface area contributed by atoms with Crippen LogP contribution in [0.3, 0.4) is 0 Å². The molecule has 0 aliphatic carbocycles. The minimum Gasteiger partial charge on any atom is -0.373 e. The fourth-order valence-electron chi connectivity index (χ4n) is 3.02. The molecule has 7 nitrogen and oxygen atoms in total. The molecule has 138 valence electrons. The van der Waals surface area contributed by atoms with Crippen LogP contribution in [0.5, 0.6) is 0 Å². The normalized spacial score (nSPS) is 20.4. The van der Waals surface area contributed by atoms with E-state index < -0.39 is 25.1 Å². The lowest BCUT2D eigenvalue weighted by atomic mass is 10.3. The summed E-state index contributed by atoms with van der Waals surface area (Å²) in [5, 5.41) is 2.67. The maximum absolute atomic E-state index is 13.5. The molecule has 2 amide bonds. The minimum atomic E-state index is -3.03. The number of carbonyl (C=O) groups is 1. The van der Waals surface area contributed by atoms with Crippen molar-refractivity contribution in [2.45, 2.75) is 32.2 Å². The van der Waals surface area contributed by atoms with Crippen molar-refractivity contribution in [2.24, 2.45) is 0 Å². The maximum Gasteiger partial charge on any atom is 0.318 e. The lowest BCUT2D eigenvalue weighted by Crippen LogP contribution is -2.46. The van der Waals surface area contributed by atoms with Crippen molar-refractivity contribution in [1.29, 1.82) is 0 Å². The molecule has 2 saturated heterocycles. The van der Waals surface area contributed by atoms with Crippen molar-refractivity contribution in [3.63, 3.8) is 0 Å². The maximum atomic E-state index is 13.5. The summed E-state index contributed by atoms with van der Waals surface area (Å²) in [7, 11) is 0. The Labute approximate surface area is 145 Å². The third-order valence-electron chi connectivity index (χ3n) is 4.23. The zero-order valence-corrected chi connectivity index (χ0v) is 14.3. The Morgan fingerprint density at radius 1 is 1.32 bits per heavy atom. The molecule has 3 rings (SSSR count). The van der Waals surface area contributed by atoms with Gasteiger partial charge < -0.3 is 19.9 Å². The molecule has 0 spiro atoms. The molecule has 0 aromatic carbocycles. The van der Waals surface area contributed by atoms with Gasteiger partial charge in [0, 0.05) is 25.3 Å². The molecule has 9 heteroatoms. The Morgan fingerprint density at radius 2 is 2.08 bits per heavy atom. The van der Waals surface area contributed by atoms with E-state index in [1.165, 1.54) is 0 Å². The highest BCUT2D eigenvalue weighted by Gasteiger charge is 2.36. The molecule has 1 aromatic rings. The molecule has 2 aliphatic heterocycles. The topological polar surface area (TPSA) is 70.6 Å². The van der Waals surface area contributed by atoms with Gasteiger partial charge in [0.2, 0.25) is 5.95 Å². The standard InChI is InChI=1S/C16H23F2N5O2/c1-12-8-13(21-14(20-12)22-4-2-3-5-22)9-19-15(24)23-6-7-25-11-16(17,18)10-23/h8H,2-7,9-11H2,1H3,(H,19,24). The number of alkyl halides is 2. The van der Waals surface area contributed by atoms with E-state index >= 15 is 0 Å². The molecule has 2 fully saturated rings. The first-order valence-electron chi connectivity index (χ1n) is 8.51. The van der Waals surface area contributed by atoms with E-state index in [0.29, 0.717) is 11.6 Å². The number of hydrogen-bond donors (Lipinski definition) is 1. The average Bonchev–Trinajstić information content (AvgIpc) is 3.03. The van der Waals surface area contributed by atoms with Gasteiger partial charge in [-0.05, 0) is 25.8 Å². The van der Waals surface area contributed by atoms with Crippen molar-refractivity contribution in [3.8, 4) is 0 Å². The number of aromatic nitrogens is 2. The number of urea groups is 1. The van der Waals surface area contributed by atoms with Gasteiger partial charge in [-0.1, -0.05) is 0 Å². The predicted octanol–water partition coefficient (Wildman–Crippen LogP) is 1.56. The first-order chi connectivity index (χ1) is 11.9. The quantitative estimate of drug-likeness (QED) is 0.891. The third kappa shape index (κ3) is 4.75. The van der Waals surface area contributed by atoms with Crippen molar-refractivity contribution in [3.05, 3.63) is 17.5 Å². The van der Waals surface area contributed by atoms with Gasteiger partial charge in [-0.2, -0.15) is 0 Å². The number of hydrogen-bond acceptors (Lipinski definition) is 5. The number of anilines is 1. The molecular weight excluding hydrogens is 332 g/mol. The molecule has 0 bridgehead atoms. The molecule has 0 radical (unpaired) electrons. The van der Waals surface area contributed by atoms with Crippen LogP contribution in [0.1, 0.15) is 24.2 Å². The van der Waals surface area contributed by atoms with E-state index in [1.54, 1.807) is 6.07 Å². The van der Waals surface area contributed by atoms with Gasteiger partial charge in [0.25, 0.3) is 5.92 Å². The first-order valence-corrected chi connectivity index (χ1v) is 8.51. The van der Waals surface area contributed by atoms with Gasteiger partial charge in [-0.25, -0.2) is 23.5 Å². The summed E-state index contributed by atoms with van der Waals surface area (Å²) >= 11 is 0. The number of aryl methyl sites for hydroxylation is 1. The summed E-state index contributed by atoms with van der Waals surface area (Å²) < 4.78 is 31.9. The summed E-state index contributed by atoms with van der Waals surface area (Å²) in [6.45, 7) is 2.86. The SMILES string of the molecule is Cc1cc(CNC(=O)N2CCOCC(F)(F)C2)nc(N2CCCC2)n1. The highest BCUT2D eigenvalue weighted by Crippen LogP contribution is 2.19. The van der Waals surface area contributed by atoms with Crippen LogP contribution < -0.4 is 10.2 Å². The number of ether oxygens (including phenoxy) is 1. The number of rotatable bonds is 3. The molecule has 1 N–H and O–H groups in total. The van der Waals surface area contributed by atoms with Gasteiger partial charge in [-0.3, -0.25) is 0 Å². The second-order valence-electron chi connectivity index (χ2n) is 6.48. The van der Waals surface area contributed by atoms with Crippen LogP contribution in [0.25, 0.3) is 0 Å². The van der Waals surface area contributed by atoms with Crippen LogP contribution in [-0.2, 0) is 11.3 Å². The van der Waals surface area contributed by atoms with Crippen molar-refractivity contribution in [1.82, 2.24) is 20.2 Å². The number of carbonyl (C=O) groups excluding carboxylic acids is 1. The Hall–Kier alpha value is -2.03. The Balaban J connectivity index is 1.61. The van der Waals surface area contributed by atoms with Crippen LogP contribution in [-0.4, -0.2) is 66.2 Å². The van der Waals surface area contributed by atoms with E-state index in [9.17, 15) is 13.6 Å². The monoisotopic (exact) mass is 355 g/mol. The summed E-state index contributed by atoms with van der Waals surface area (Å²) in [5.74, 6) is -2.36. The van der Waals surface area contributed by atoms with Gasteiger partial charge in [0.1, 0.15) is 6.61 Å². The van der Waals surface area contributed by atoms with Gasteiger partial charge in [0.05, 0.1) is 25.4 Å². The van der Waals surface area contributed by atoms with Crippen LogP contribution in [0, 0.1) is 6.92 Å². The Kier molecular flexibility index (Phi) is 5.31. The van der Waals surface area contributed by atoms with Gasteiger partial charge in [0.15, 0.2) is 0 Å². The zero-order valence-electron chi connectivity index (χ0n) is 14.3. The number of halogens is 2. The fraction of sp³-hybridized carbons (Fsp3) is 0.688. The molecule has 25 heavy (non-hydrogen) atoms. The molecule has 0 atom stereocenters. The number of nitrogens with zero attached hydrogens (tertiary/aromatic N) is 4. The van der Waals surface area contributed by atoms with Gasteiger partial charge >= 0.3 is 6.03 Å². The molecule has 0 saturated carbocycles. The number of nitrogens with one attached hydrogen (secondary N) is 1. The highest BCUT2D eigenvalue weighted by atomic mass is 19.3. The van der Waals surface area contributed by atoms with Crippen LogP contribution in [0.2, 0.25) is 0 Å². The van der Waals surface area contributed by atoms with Crippen molar-refractivity contribution >= 4 is 12.0 Å². The molecular formula is C16H23F2N5O2. The fourth-order valence-corrected chi connectivity index (χ4v) is 3.02. The zero-order chi connectivity index (χ0) is 17.9. The first kappa shape index (κ1) is 17.8. The summed E-state index contributed by atoms with van der Waals surface area (Å²) in [5.41, 5.74) is 1.48. The molecule has 3 heterocycles. The molecule has 1 aromatic heterocycles. The van der Waals surface area contributed by atoms with Crippen molar-refractivity contribution in [2.75, 3.05) is 44.3 Å².